The van der Waals surface area contributed by atoms with Crippen LogP contribution in [0.5, 0.6) is 0 Å². The number of likely N-dealkylation sites (N-methyl/N-ethyl adjacent to an activating group) is 1. The summed E-state index contributed by atoms with van der Waals surface area (Å²) < 4.78 is 34.7. The Morgan fingerprint density at radius 3 is 1.00 bits per heavy atom. The Kier molecular flexibility index (Phi) is 62.6. The molecule has 0 aliphatic heterocycles. The Balaban J connectivity index is 4.13. The first-order valence-electron chi connectivity index (χ1n) is 35.1. The fourth-order valence-electron chi connectivity index (χ4n) is 9.72. The molecule has 0 saturated carbocycles. The number of rotatable bonds is 64. The van der Waals surface area contributed by atoms with Gasteiger partial charge in [0.25, 0.3) is 0 Å². The number of hydrogen-bond acceptors (Lipinski definition) is 7. The van der Waals surface area contributed by atoms with Crippen molar-refractivity contribution in [2.24, 2.45) is 0 Å². The van der Waals surface area contributed by atoms with Crippen LogP contribution in [0.15, 0.2) is 109 Å². The van der Waals surface area contributed by atoms with Gasteiger partial charge in [-0.05, 0) is 83.5 Å². The first-order chi connectivity index (χ1) is 41.5. The minimum atomic E-state index is -4.41. The van der Waals surface area contributed by atoms with Crippen molar-refractivity contribution >= 4 is 19.8 Å². The fourth-order valence-corrected chi connectivity index (χ4v) is 10.5. The number of hydrogen-bond donors (Lipinski definition) is 1. The second kappa shape index (κ2) is 65.1. The number of phosphoric ester groups is 1. The van der Waals surface area contributed by atoms with Crippen molar-refractivity contribution in [2.75, 3.05) is 47.5 Å². The largest absolute Gasteiger partial charge is 0.472 e. The molecule has 2 atom stereocenters. The summed E-state index contributed by atoms with van der Waals surface area (Å²) in [4.78, 5) is 35.9. The number of esters is 2. The molecule has 490 valence electrons. The van der Waals surface area contributed by atoms with Crippen molar-refractivity contribution in [1.29, 1.82) is 0 Å². The fraction of sp³-hybridized carbons (Fsp3) is 0.733. The predicted octanol–water partition coefficient (Wildman–Crippen LogP) is 22.9. The molecule has 0 aliphatic rings. The van der Waals surface area contributed by atoms with Gasteiger partial charge >= 0.3 is 19.8 Å². The first-order valence-corrected chi connectivity index (χ1v) is 36.6. The van der Waals surface area contributed by atoms with Gasteiger partial charge in [0.2, 0.25) is 0 Å². The molecule has 0 radical (unpaired) electrons. The summed E-state index contributed by atoms with van der Waals surface area (Å²) in [6, 6.07) is 0. The molecule has 0 amide bonds. The summed E-state index contributed by atoms with van der Waals surface area (Å²) in [5, 5.41) is 0. The maximum absolute atomic E-state index is 12.9. The van der Waals surface area contributed by atoms with Crippen molar-refractivity contribution in [1.82, 2.24) is 0 Å². The molecule has 2 unspecified atom stereocenters. The van der Waals surface area contributed by atoms with Crippen LogP contribution in [0.3, 0.4) is 0 Å². The van der Waals surface area contributed by atoms with Crippen LogP contribution in [-0.2, 0) is 32.7 Å². The lowest BCUT2D eigenvalue weighted by Gasteiger charge is -2.24. The summed E-state index contributed by atoms with van der Waals surface area (Å²) in [5.41, 5.74) is 0. The number of carbonyl (C=O) groups is 2. The zero-order valence-electron chi connectivity index (χ0n) is 55.8. The second-order valence-electron chi connectivity index (χ2n) is 24.5. The molecule has 0 bridgehead atoms. The monoisotopic (exact) mass is 1210 g/mol. The van der Waals surface area contributed by atoms with Gasteiger partial charge < -0.3 is 18.9 Å². The highest BCUT2D eigenvalue weighted by atomic mass is 31.2. The number of phosphoric acid groups is 1. The maximum atomic E-state index is 12.9. The Bertz CT molecular complexity index is 1800. The van der Waals surface area contributed by atoms with Gasteiger partial charge in [0.15, 0.2) is 6.10 Å². The molecule has 0 heterocycles. The van der Waals surface area contributed by atoms with Crippen LogP contribution in [0.2, 0.25) is 0 Å². The molecule has 0 fully saturated rings. The van der Waals surface area contributed by atoms with E-state index in [0.29, 0.717) is 17.4 Å². The van der Waals surface area contributed by atoms with E-state index in [0.717, 1.165) is 96.3 Å². The summed E-state index contributed by atoms with van der Waals surface area (Å²) in [7, 11) is 1.45. The predicted molar refractivity (Wildman–Crippen MR) is 367 cm³/mol. The number of carbonyl (C=O) groups excluding carboxylic acids is 2. The zero-order chi connectivity index (χ0) is 61.9. The highest BCUT2D eigenvalue weighted by Gasteiger charge is 2.27. The van der Waals surface area contributed by atoms with Gasteiger partial charge in [-0.15, -0.1) is 0 Å². The van der Waals surface area contributed by atoms with Gasteiger partial charge in [-0.1, -0.05) is 316 Å². The third-order valence-corrected chi connectivity index (χ3v) is 16.1. The second-order valence-corrected chi connectivity index (χ2v) is 26.0. The minimum absolute atomic E-state index is 0.0206. The summed E-state index contributed by atoms with van der Waals surface area (Å²) in [6.45, 7) is 4.31. The lowest BCUT2D eigenvalue weighted by Crippen LogP contribution is -2.37. The van der Waals surface area contributed by atoms with Crippen LogP contribution < -0.4 is 0 Å². The van der Waals surface area contributed by atoms with Crippen LogP contribution in [0.4, 0.5) is 0 Å². The van der Waals surface area contributed by atoms with Crippen LogP contribution in [0.25, 0.3) is 0 Å². The van der Waals surface area contributed by atoms with E-state index in [1.54, 1.807) is 0 Å². The SMILES string of the molecule is CC/C=C\C/C=C\C/C=C\C/C=C\C/C=C\C/C=C\C/C=C\C/C=C\C/C=C\CCCCCC(=O)OC(COC(=O)CCCCCCCCCCCCCCCCCCCCCCCCCCCCCCCC)COP(=O)(O)OCC[N+](C)(C)C. The minimum Gasteiger partial charge on any atom is -0.462 e. The summed E-state index contributed by atoms with van der Waals surface area (Å²) >= 11 is 0. The van der Waals surface area contributed by atoms with Crippen molar-refractivity contribution < 1.29 is 42.1 Å². The van der Waals surface area contributed by atoms with Gasteiger partial charge in [-0.3, -0.25) is 18.6 Å². The lowest BCUT2D eigenvalue weighted by molar-refractivity contribution is -0.870. The van der Waals surface area contributed by atoms with Crippen molar-refractivity contribution in [2.45, 2.75) is 309 Å². The summed E-state index contributed by atoms with van der Waals surface area (Å²) in [5.74, 6) is -0.831. The molecule has 0 rings (SSSR count). The van der Waals surface area contributed by atoms with Crippen LogP contribution >= 0.6 is 7.82 Å². The van der Waals surface area contributed by atoms with E-state index in [9.17, 15) is 19.0 Å². The Labute approximate surface area is 525 Å². The van der Waals surface area contributed by atoms with Gasteiger partial charge in [0.05, 0.1) is 27.7 Å². The first kappa shape index (κ1) is 81.7. The average Bonchev–Trinajstić information content (AvgIpc) is 3.50. The Morgan fingerprint density at radius 2 is 0.671 bits per heavy atom. The van der Waals surface area contributed by atoms with Gasteiger partial charge in [0, 0.05) is 12.8 Å². The third-order valence-electron chi connectivity index (χ3n) is 15.1. The molecule has 10 heteroatoms. The molecule has 0 saturated heterocycles. The lowest BCUT2D eigenvalue weighted by atomic mass is 10.0. The molecule has 0 aromatic rings. The molecule has 85 heavy (non-hydrogen) atoms. The van der Waals surface area contributed by atoms with E-state index in [1.807, 2.05) is 21.1 Å². The number of quaternary nitrogens is 1. The highest BCUT2D eigenvalue weighted by Crippen LogP contribution is 2.43. The smallest absolute Gasteiger partial charge is 0.462 e. The standard InChI is InChI=1S/C75H132NO8P/c1-6-8-10-12-14-16-18-20-22-24-26-28-30-32-34-36-38-40-42-44-46-48-50-52-54-56-58-60-62-64-66-68-75(78)84-73(72-83-85(79,80)82-70-69-76(3,4)5)71-81-74(77)67-65-63-61-59-57-55-53-51-49-47-45-43-41-39-37-35-33-31-29-27-25-23-21-19-17-15-13-11-9-7-2/h8,10,14,16,20,22,26,28,32,34,38,40,44,46,50,52,56,58,73H,6-7,9,11-13,15,17-19,21,23-25,27,29-31,33,35-37,39,41-43,45,47-49,51,53-55,57,59-72H2,1-5H3/p+1/b10-8-,16-14-,22-20-,28-26-,34-32-,40-38-,46-44-,52-50-,58-56-. The molecule has 0 aromatic carbocycles. The molecule has 0 aliphatic carbocycles. The maximum Gasteiger partial charge on any atom is 0.472 e. The molecular weight excluding hydrogens is 1070 g/mol. The third kappa shape index (κ3) is 69.6. The van der Waals surface area contributed by atoms with E-state index >= 15 is 0 Å². The van der Waals surface area contributed by atoms with E-state index in [-0.39, 0.29) is 32.0 Å². The van der Waals surface area contributed by atoms with E-state index in [2.05, 4.69) is 123 Å². The molecule has 9 nitrogen and oxygen atoms in total. The van der Waals surface area contributed by atoms with Crippen LogP contribution in [0, 0.1) is 0 Å². The number of unbranched alkanes of at least 4 members (excludes halogenated alkanes) is 32. The van der Waals surface area contributed by atoms with E-state index in [4.69, 9.17) is 18.5 Å². The van der Waals surface area contributed by atoms with Crippen LogP contribution in [0.1, 0.15) is 303 Å². The van der Waals surface area contributed by atoms with Gasteiger partial charge in [-0.2, -0.15) is 0 Å². The van der Waals surface area contributed by atoms with Crippen LogP contribution in [-0.4, -0.2) is 74.9 Å². The van der Waals surface area contributed by atoms with Crippen molar-refractivity contribution in [3.05, 3.63) is 109 Å². The van der Waals surface area contributed by atoms with E-state index < -0.39 is 26.5 Å². The molecule has 0 aromatic heterocycles. The molecule has 1 N–H and O–H groups in total. The van der Waals surface area contributed by atoms with Gasteiger partial charge in [-0.25, -0.2) is 4.57 Å². The number of allylic oxidation sites excluding steroid dienone is 18. The van der Waals surface area contributed by atoms with Gasteiger partial charge in [0.1, 0.15) is 19.8 Å². The Hall–Kier alpha value is -3.33. The topological polar surface area (TPSA) is 108 Å². The molecule has 0 spiro atoms. The molecular formula is C75H133NO8P+. The summed E-state index contributed by atoms with van der Waals surface area (Å²) in [6.07, 6.45) is 92.0. The van der Waals surface area contributed by atoms with Crippen molar-refractivity contribution in [3.8, 4) is 0 Å². The normalized spacial score (nSPS) is 13.8. The van der Waals surface area contributed by atoms with E-state index in [1.165, 1.54) is 173 Å². The van der Waals surface area contributed by atoms with Crippen molar-refractivity contribution in [3.63, 3.8) is 0 Å². The number of ether oxygens (including phenoxy) is 2. The Morgan fingerprint density at radius 1 is 0.376 bits per heavy atom. The highest BCUT2D eigenvalue weighted by molar-refractivity contribution is 7.47. The number of nitrogens with zero attached hydrogens (tertiary/aromatic N) is 1. The zero-order valence-corrected chi connectivity index (χ0v) is 56.7. The quantitative estimate of drug-likeness (QED) is 0.0211. The average molecular weight is 1210 g/mol.